The van der Waals surface area contributed by atoms with Crippen molar-refractivity contribution in [3.05, 3.63) is 89.0 Å². The third kappa shape index (κ3) is 6.01. The van der Waals surface area contributed by atoms with Gasteiger partial charge >= 0.3 is 0 Å². The van der Waals surface area contributed by atoms with E-state index in [-0.39, 0.29) is 5.57 Å². The highest BCUT2D eigenvalue weighted by Gasteiger charge is 2.20. The molecule has 0 bridgehead atoms. The quantitative estimate of drug-likeness (QED) is 0.278. The van der Waals surface area contributed by atoms with E-state index < -0.39 is 11.8 Å². The van der Waals surface area contributed by atoms with Crippen LogP contribution in [0.5, 0.6) is 11.5 Å². The highest BCUT2D eigenvalue weighted by molar-refractivity contribution is 6.29. The van der Waals surface area contributed by atoms with E-state index in [2.05, 4.69) is 10.6 Å². The Morgan fingerprint density at radius 3 is 1.85 bits per heavy atom. The van der Waals surface area contributed by atoms with Crippen molar-refractivity contribution in [1.29, 1.82) is 0 Å². The molecule has 6 heteroatoms. The molecule has 33 heavy (non-hydrogen) atoms. The van der Waals surface area contributed by atoms with Gasteiger partial charge in [0.05, 0.1) is 13.7 Å². The Morgan fingerprint density at radius 1 is 0.818 bits per heavy atom. The molecule has 0 saturated carbocycles. The molecule has 0 aliphatic carbocycles. The van der Waals surface area contributed by atoms with Crippen molar-refractivity contribution in [3.8, 4) is 11.5 Å². The van der Waals surface area contributed by atoms with Crippen molar-refractivity contribution in [1.82, 2.24) is 0 Å². The average molecular weight is 445 g/mol. The molecule has 3 rings (SSSR count). The number of amides is 2. The SMILES string of the molecule is CCOc1cc(C=C(C(=O)Nc2ccccc2C)C(=O)Nc2ccccc2C)ccc1OC. The lowest BCUT2D eigenvalue weighted by molar-refractivity contribution is -0.118. The zero-order chi connectivity index (χ0) is 23.8. The summed E-state index contributed by atoms with van der Waals surface area (Å²) in [4.78, 5) is 26.4. The van der Waals surface area contributed by atoms with E-state index >= 15 is 0 Å². The Morgan fingerprint density at radius 2 is 1.36 bits per heavy atom. The number of methoxy groups -OCH3 is 1. The molecule has 0 spiro atoms. The van der Waals surface area contributed by atoms with Gasteiger partial charge in [-0.15, -0.1) is 0 Å². The fraction of sp³-hybridized carbons (Fsp3) is 0.185. The monoisotopic (exact) mass is 444 g/mol. The fourth-order valence-corrected chi connectivity index (χ4v) is 3.26. The highest BCUT2D eigenvalue weighted by Crippen LogP contribution is 2.29. The Hall–Kier alpha value is -4.06. The number of benzene rings is 3. The topological polar surface area (TPSA) is 76.7 Å². The van der Waals surface area contributed by atoms with E-state index in [0.717, 1.165) is 11.1 Å². The summed E-state index contributed by atoms with van der Waals surface area (Å²) in [6.45, 7) is 6.12. The maximum Gasteiger partial charge on any atom is 0.261 e. The molecule has 0 aliphatic rings. The molecule has 0 unspecified atom stereocenters. The molecular formula is C27H28N2O4. The van der Waals surface area contributed by atoms with Gasteiger partial charge in [0.25, 0.3) is 11.8 Å². The van der Waals surface area contributed by atoms with Gasteiger partial charge in [-0.2, -0.15) is 0 Å². The molecule has 0 aliphatic heterocycles. The Kier molecular flexibility index (Phi) is 7.86. The summed E-state index contributed by atoms with van der Waals surface area (Å²) in [6.07, 6.45) is 1.54. The summed E-state index contributed by atoms with van der Waals surface area (Å²) in [5.74, 6) is 0.0873. The zero-order valence-corrected chi connectivity index (χ0v) is 19.3. The van der Waals surface area contributed by atoms with Crippen molar-refractivity contribution >= 4 is 29.3 Å². The summed E-state index contributed by atoms with van der Waals surface area (Å²) >= 11 is 0. The van der Waals surface area contributed by atoms with Crippen LogP contribution in [0.1, 0.15) is 23.6 Å². The standard InChI is InChI=1S/C27H28N2O4/c1-5-33-25-17-20(14-15-24(25)32-4)16-21(26(30)28-22-12-8-6-10-18(22)2)27(31)29-23-13-9-7-11-19(23)3/h6-17H,5H2,1-4H3,(H,28,30)(H,29,31). The first-order valence-corrected chi connectivity index (χ1v) is 10.7. The summed E-state index contributed by atoms with van der Waals surface area (Å²) in [5.41, 5.74) is 3.67. The second kappa shape index (κ2) is 11.0. The number of rotatable bonds is 8. The third-order valence-corrected chi connectivity index (χ3v) is 5.07. The van der Waals surface area contributed by atoms with Crippen LogP contribution in [0.15, 0.2) is 72.3 Å². The summed E-state index contributed by atoms with van der Waals surface area (Å²) < 4.78 is 11.0. The van der Waals surface area contributed by atoms with E-state index in [0.29, 0.717) is 35.0 Å². The first-order valence-electron chi connectivity index (χ1n) is 10.7. The van der Waals surface area contributed by atoms with Crippen LogP contribution in [0.2, 0.25) is 0 Å². The second-order valence-electron chi connectivity index (χ2n) is 7.44. The normalized spacial score (nSPS) is 10.2. The van der Waals surface area contributed by atoms with E-state index in [1.54, 1.807) is 43.5 Å². The van der Waals surface area contributed by atoms with Gasteiger partial charge in [-0.1, -0.05) is 42.5 Å². The first-order chi connectivity index (χ1) is 15.9. The number of hydrogen-bond donors (Lipinski definition) is 2. The Labute approximate surface area is 194 Å². The number of aryl methyl sites for hydroxylation is 2. The number of carbonyl (C=O) groups excluding carboxylic acids is 2. The number of hydrogen-bond acceptors (Lipinski definition) is 4. The lowest BCUT2D eigenvalue weighted by Crippen LogP contribution is -2.25. The van der Waals surface area contributed by atoms with Crippen molar-refractivity contribution in [2.24, 2.45) is 0 Å². The van der Waals surface area contributed by atoms with Crippen LogP contribution in [-0.4, -0.2) is 25.5 Å². The first kappa shape index (κ1) is 23.6. The molecule has 170 valence electrons. The Balaban J connectivity index is 1.99. The molecule has 2 amide bonds. The van der Waals surface area contributed by atoms with Gasteiger partial charge in [0.15, 0.2) is 11.5 Å². The van der Waals surface area contributed by atoms with E-state index in [9.17, 15) is 9.59 Å². The van der Waals surface area contributed by atoms with Crippen molar-refractivity contribution < 1.29 is 19.1 Å². The zero-order valence-electron chi connectivity index (χ0n) is 19.3. The van der Waals surface area contributed by atoms with Gasteiger partial charge in [0.2, 0.25) is 0 Å². The molecule has 2 N–H and O–H groups in total. The predicted molar refractivity (Wildman–Crippen MR) is 132 cm³/mol. The lowest BCUT2D eigenvalue weighted by Gasteiger charge is -2.14. The van der Waals surface area contributed by atoms with Gasteiger partial charge in [0, 0.05) is 11.4 Å². The minimum Gasteiger partial charge on any atom is -0.493 e. The fourth-order valence-electron chi connectivity index (χ4n) is 3.26. The minimum atomic E-state index is -0.510. The second-order valence-corrected chi connectivity index (χ2v) is 7.44. The number of anilines is 2. The molecule has 0 heterocycles. The molecule has 0 fully saturated rings. The lowest BCUT2D eigenvalue weighted by atomic mass is 10.1. The van der Waals surface area contributed by atoms with Crippen molar-refractivity contribution in [2.45, 2.75) is 20.8 Å². The molecule has 3 aromatic carbocycles. The van der Waals surface area contributed by atoms with E-state index in [1.807, 2.05) is 57.2 Å². The van der Waals surface area contributed by atoms with Crippen LogP contribution in [0.4, 0.5) is 11.4 Å². The number of nitrogens with one attached hydrogen (secondary N) is 2. The summed E-state index contributed by atoms with van der Waals surface area (Å²) in [5, 5.41) is 5.70. The number of ether oxygens (including phenoxy) is 2. The van der Waals surface area contributed by atoms with Crippen LogP contribution in [0.25, 0.3) is 6.08 Å². The molecule has 0 aromatic heterocycles. The van der Waals surface area contributed by atoms with E-state index in [1.165, 1.54) is 0 Å². The smallest absolute Gasteiger partial charge is 0.261 e. The molecule has 3 aromatic rings. The maximum absolute atomic E-state index is 13.2. The van der Waals surface area contributed by atoms with Gasteiger partial charge in [0.1, 0.15) is 5.57 Å². The molecule has 0 radical (unpaired) electrons. The maximum atomic E-state index is 13.2. The van der Waals surface area contributed by atoms with Gasteiger partial charge < -0.3 is 20.1 Å². The summed E-state index contributed by atoms with van der Waals surface area (Å²) in [6, 6.07) is 20.1. The number of carbonyl (C=O) groups is 2. The van der Waals surface area contributed by atoms with Crippen molar-refractivity contribution in [2.75, 3.05) is 24.4 Å². The predicted octanol–water partition coefficient (Wildman–Crippen LogP) is 5.37. The summed E-state index contributed by atoms with van der Waals surface area (Å²) in [7, 11) is 1.56. The van der Waals surface area contributed by atoms with E-state index in [4.69, 9.17) is 9.47 Å². The van der Waals surface area contributed by atoms with Gasteiger partial charge in [-0.3, -0.25) is 9.59 Å². The van der Waals surface area contributed by atoms with Gasteiger partial charge in [-0.25, -0.2) is 0 Å². The highest BCUT2D eigenvalue weighted by atomic mass is 16.5. The average Bonchev–Trinajstić information content (AvgIpc) is 2.80. The van der Waals surface area contributed by atoms with Crippen LogP contribution >= 0.6 is 0 Å². The van der Waals surface area contributed by atoms with Crippen LogP contribution < -0.4 is 20.1 Å². The molecule has 0 saturated heterocycles. The Bertz CT molecular complexity index is 1120. The molecule has 6 nitrogen and oxygen atoms in total. The van der Waals surface area contributed by atoms with Crippen LogP contribution in [0, 0.1) is 13.8 Å². The van der Waals surface area contributed by atoms with Crippen LogP contribution in [0.3, 0.4) is 0 Å². The van der Waals surface area contributed by atoms with Crippen molar-refractivity contribution in [3.63, 3.8) is 0 Å². The largest absolute Gasteiger partial charge is 0.493 e. The minimum absolute atomic E-state index is 0.0332. The molecule has 0 atom stereocenters. The molecular weight excluding hydrogens is 416 g/mol. The number of para-hydroxylation sites is 2. The third-order valence-electron chi connectivity index (χ3n) is 5.07. The van der Waals surface area contributed by atoms with Gasteiger partial charge in [-0.05, 0) is 67.8 Å². The van der Waals surface area contributed by atoms with Crippen LogP contribution in [-0.2, 0) is 9.59 Å².